The third-order valence-electron chi connectivity index (χ3n) is 2.02. The zero-order chi connectivity index (χ0) is 14.3. The number of carbonyl (C=O) groups excluding carboxylic acids is 2. The SMILES string of the molecule is C[C@@H](O)[C@H](NC(=O)CNC(=O)[C@@H](N)CS)C(=O)O. The number of aliphatic hydroxyl groups is 1. The molecule has 8 nitrogen and oxygen atoms in total. The number of nitrogens with two attached hydrogens (primary N) is 1. The van der Waals surface area contributed by atoms with E-state index < -0.39 is 42.5 Å². The van der Waals surface area contributed by atoms with Gasteiger partial charge in [-0.1, -0.05) is 0 Å². The van der Waals surface area contributed by atoms with Crippen LogP contribution in [0.25, 0.3) is 0 Å². The van der Waals surface area contributed by atoms with Crippen LogP contribution >= 0.6 is 12.6 Å². The Kier molecular flexibility index (Phi) is 7.32. The number of aliphatic hydroxyl groups excluding tert-OH is 1. The van der Waals surface area contributed by atoms with Crippen molar-refractivity contribution < 1.29 is 24.6 Å². The van der Waals surface area contributed by atoms with Crippen LogP contribution < -0.4 is 16.4 Å². The number of carbonyl (C=O) groups is 3. The normalized spacial score (nSPS) is 15.3. The molecular formula is C9H17N3O5S. The number of rotatable bonds is 7. The van der Waals surface area contributed by atoms with E-state index in [-0.39, 0.29) is 5.75 Å². The van der Waals surface area contributed by atoms with E-state index in [9.17, 15) is 14.4 Å². The molecule has 0 heterocycles. The van der Waals surface area contributed by atoms with Gasteiger partial charge in [0.05, 0.1) is 18.7 Å². The Morgan fingerprint density at radius 1 is 1.39 bits per heavy atom. The lowest BCUT2D eigenvalue weighted by Crippen LogP contribution is -2.52. The molecule has 0 aliphatic heterocycles. The highest BCUT2D eigenvalue weighted by atomic mass is 32.1. The van der Waals surface area contributed by atoms with Crippen molar-refractivity contribution >= 4 is 30.4 Å². The highest BCUT2D eigenvalue weighted by molar-refractivity contribution is 7.80. The van der Waals surface area contributed by atoms with Gasteiger partial charge >= 0.3 is 5.97 Å². The molecule has 0 aromatic rings. The van der Waals surface area contributed by atoms with E-state index in [2.05, 4.69) is 23.3 Å². The molecule has 0 saturated carbocycles. The maximum absolute atomic E-state index is 11.3. The second kappa shape index (κ2) is 7.90. The number of thiol groups is 1. The minimum Gasteiger partial charge on any atom is -0.480 e. The van der Waals surface area contributed by atoms with Crippen molar-refractivity contribution in [2.75, 3.05) is 12.3 Å². The third kappa shape index (κ3) is 5.84. The molecule has 0 aromatic heterocycles. The number of hydrogen-bond donors (Lipinski definition) is 6. The smallest absolute Gasteiger partial charge is 0.328 e. The quantitative estimate of drug-likeness (QED) is 0.280. The largest absolute Gasteiger partial charge is 0.480 e. The first-order chi connectivity index (χ1) is 8.29. The zero-order valence-electron chi connectivity index (χ0n) is 9.79. The summed E-state index contributed by atoms with van der Waals surface area (Å²) in [6.45, 7) is 0.811. The number of carboxylic acids is 1. The standard InChI is InChI=1S/C9H17N3O5S/c1-4(13)7(9(16)17)12-6(14)2-11-8(15)5(10)3-18/h4-5,7,13,18H,2-3,10H2,1H3,(H,11,15)(H,12,14)(H,16,17)/t4-,5+,7+/m1/s1. The Bertz CT molecular complexity index is 323. The first kappa shape index (κ1) is 16.7. The van der Waals surface area contributed by atoms with Gasteiger partial charge in [-0.2, -0.15) is 12.6 Å². The van der Waals surface area contributed by atoms with E-state index in [4.69, 9.17) is 15.9 Å². The van der Waals surface area contributed by atoms with Crippen LogP contribution in [0.2, 0.25) is 0 Å². The Morgan fingerprint density at radius 3 is 2.33 bits per heavy atom. The highest BCUT2D eigenvalue weighted by Gasteiger charge is 2.25. The molecule has 0 aliphatic rings. The van der Waals surface area contributed by atoms with Crippen molar-refractivity contribution in [3.05, 3.63) is 0 Å². The predicted molar refractivity (Wildman–Crippen MR) is 66.1 cm³/mol. The van der Waals surface area contributed by atoms with E-state index in [0.29, 0.717) is 0 Å². The molecule has 0 aromatic carbocycles. The lowest BCUT2D eigenvalue weighted by Gasteiger charge is -2.17. The van der Waals surface area contributed by atoms with Gasteiger partial charge in [-0.05, 0) is 6.92 Å². The van der Waals surface area contributed by atoms with Crippen LogP contribution in [-0.2, 0) is 14.4 Å². The second-order valence-corrected chi connectivity index (χ2v) is 4.00. The van der Waals surface area contributed by atoms with E-state index in [1.165, 1.54) is 6.92 Å². The van der Waals surface area contributed by atoms with E-state index in [0.717, 1.165) is 0 Å². The van der Waals surface area contributed by atoms with Gasteiger partial charge in [-0.3, -0.25) is 9.59 Å². The summed E-state index contributed by atoms with van der Waals surface area (Å²) in [4.78, 5) is 33.2. The van der Waals surface area contributed by atoms with Crippen LogP contribution in [0.4, 0.5) is 0 Å². The average Bonchev–Trinajstić information content (AvgIpc) is 2.30. The molecule has 104 valence electrons. The number of aliphatic carboxylic acids is 1. The molecule has 0 spiro atoms. The molecule has 0 unspecified atom stereocenters. The molecular weight excluding hydrogens is 262 g/mol. The molecule has 3 atom stereocenters. The fourth-order valence-corrected chi connectivity index (χ4v) is 1.16. The molecule has 0 rings (SSSR count). The van der Waals surface area contributed by atoms with Crippen molar-refractivity contribution in [2.24, 2.45) is 5.73 Å². The van der Waals surface area contributed by atoms with Gasteiger partial charge in [0.25, 0.3) is 0 Å². The summed E-state index contributed by atoms with van der Waals surface area (Å²) < 4.78 is 0. The first-order valence-corrected chi connectivity index (χ1v) is 5.77. The van der Waals surface area contributed by atoms with Gasteiger partial charge in [0.15, 0.2) is 6.04 Å². The summed E-state index contributed by atoms with van der Waals surface area (Å²) in [5, 5.41) is 22.1. The van der Waals surface area contributed by atoms with Gasteiger partial charge in [-0.15, -0.1) is 0 Å². The first-order valence-electron chi connectivity index (χ1n) is 5.14. The molecule has 0 aliphatic carbocycles. The zero-order valence-corrected chi connectivity index (χ0v) is 10.7. The Labute approximate surface area is 109 Å². The molecule has 0 bridgehead atoms. The van der Waals surface area contributed by atoms with Gasteiger partial charge in [-0.25, -0.2) is 4.79 Å². The third-order valence-corrected chi connectivity index (χ3v) is 2.41. The van der Waals surface area contributed by atoms with E-state index in [1.54, 1.807) is 0 Å². The van der Waals surface area contributed by atoms with Crippen molar-refractivity contribution in [1.29, 1.82) is 0 Å². The summed E-state index contributed by atoms with van der Waals surface area (Å²) in [6, 6.07) is -2.26. The average molecular weight is 279 g/mol. The fourth-order valence-electron chi connectivity index (χ4n) is 0.995. The summed E-state index contributed by atoms with van der Waals surface area (Å²) in [5.41, 5.74) is 5.35. The highest BCUT2D eigenvalue weighted by Crippen LogP contribution is 1.92. The summed E-state index contributed by atoms with van der Waals surface area (Å²) >= 11 is 3.81. The van der Waals surface area contributed by atoms with Gasteiger partial charge in [0.1, 0.15) is 0 Å². The predicted octanol–water partition coefficient (Wildman–Crippen LogP) is -2.69. The lowest BCUT2D eigenvalue weighted by atomic mass is 10.2. The van der Waals surface area contributed by atoms with Crippen molar-refractivity contribution in [3.8, 4) is 0 Å². The minimum absolute atomic E-state index is 0.124. The maximum Gasteiger partial charge on any atom is 0.328 e. The fraction of sp³-hybridized carbons (Fsp3) is 0.667. The van der Waals surface area contributed by atoms with Crippen molar-refractivity contribution in [1.82, 2.24) is 10.6 Å². The van der Waals surface area contributed by atoms with E-state index >= 15 is 0 Å². The molecule has 0 fully saturated rings. The summed E-state index contributed by atoms with van der Waals surface area (Å²) in [7, 11) is 0. The Balaban J connectivity index is 4.19. The Morgan fingerprint density at radius 2 is 1.94 bits per heavy atom. The molecule has 18 heavy (non-hydrogen) atoms. The number of carboxylic acid groups (broad SMARTS) is 1. The number of nitrogens with one attached hydrogen (secondary N) is 2. The van der Waals surface area contributed by atoms with Gasteiger partial charge in [0, 0.05) is 5.75 Å². The second-order valence-electron chi connectivity index (χ2n) is 3.63. The lowest BCUT2D eigenvalue weighted by molar-refractivity contribution is -0.144. The van der Waals surface area contributed by atoms with Crippen LogP contribution in [0.3, 0.4) is 0 Å². The van der Waals surface area contributed by atoms with Gasteiger partial charge < -0.3 is 26.6 Å². The number of hydrogen-bond acceptors (Lipinski definition) is 6. The maximum atomic E-state index is 11.3. The van der Waals surface area contributed by atoms with Crippen LogP contribution in [0, 0.1) is 0 Å². The minimum atomic E-state index is -1.42. The summed E-state index contributed by atoms with van der Waals surface area (Å²) in [5.74, 6) is -2.54. The molecule has 6 N–H and O–H groups in total. The van der Waals surface area contributed by atoms with Crippen LogP contribution in [0.15, 0.2) is 0 Å². The summed E-state index contributed by atoms with van der Waals surface area (Å²) in [6.07, 6.45) is -1.25. The van der Waals surface area contributed by atoms with Crippen molar-refractivity contribution in [2.45, 2.75) is 25.1 Å². The molecule has 0 saturated heterocycles. The van der Waals surface area contributed by atoms with Crippen LogP contribution in [-0.4, -0.2) is 58.5 Å². The molecule has 2 amide bonds. The topological polar surface area (TPSA) is 142 Å². The monoisotopic (exact) mass is 279 g/mol. The van der Waals surface area contributed by atoms with E-state index in [1.807, 2.05) is 0 Å². The Hall–Kier alpha value is -1.32. The van der Waals surface area contributed by atoms with Crippen LogP contribution in [0.5, 0.6) is 0 Å². The number of amides is 2. The molecule has 0 radical (unpaired) electrons. The molecule has 9 heteroatoms. The van der Waals surface area contributed by atoms with Gasteiger partial charge in [0.2, 0.25) is 11.8 Å². The van der Waals surface area contributed by atoms with Crippen LogP contribution in [0.1, 0.15) is 6.92 Å². The van der Waals surface area contributed by atoms with Crippen molar-refractivity contribution in [3.63, 3.8) is 0 Å².